The lowest BCUT2D eigenvalue weighted by atomic mass is 9.95. The van der Waals surface area contributed by atoms with E-state index in [1.807, 2.05) is 0 Å². The van der Waals surface area contributed by atoms with Crippen LogP contribution in [0.25, 0.3) is 33.3 Å². The molecule has 5 rings (SSSR count). The molecule has 5 aromatic rings. The summed E-state index contributed by atoms with van der Waals surface area (Å²) < 4.78 is 69.7. The molecule has 35 heavy (non-hydrogen) atoms. The van der Waals surface area contributed by atoms with Gasteiger partial charge in [0.15, 0.2) is 9.84 Å². The zero-order valence-corrected chi connectivity index (χ0v) is 20.2. The van der Waals surface area contributed by atoms with E-state index in [0.29, 0.717) is 32.9 Å². The predicted molar refractivity (Wildman–Crippen MR) is 129 cm³/mol. The van der Waals surface area contributed by atoms with Gasteiger partial charge in [-0.2, -0.15) is 18.3 Å². The van der Waals surface area contributed by atoms with Crippen LogP contribution in [-0.4, -0.2) is 27.7 Å². The van der Waals surface area contributed by atoms with E-state index >= 15 is 0 Å². The van der Waals surface area contributed by atoms with Crippen molar-refractivity contribution in [3.8, 4) is 22.4 Å². The van der Waals surface area contributed by atoms with Crippen LogP contribution >= 0.6 is 11.3 Å². The molecule has 180 valence electrons. The molecule has 0 aliphatic heterocycles. The van der Waals surface area contributed by atoms with Crippen LogP contribution < -0.4 is 0 Å². The van der Waals surface area contributed by atoms with E-state index in [0.717, 1.165) is 17.5 Å². The number of hydrogen-bond acceptors (Lipinski definition) is 5. The van der Waals surface area contributed by atoms with Crippen LogP contribution in [0.3, 0.4) is 0 Å². The lowest BCUT2D eigenvalue weighted by Crippen LogP contribution is -2.06. The summed E-state index contributed by atoms with van der Waals surface area (Å²) in [6.07, 6.45) is 0.393. The van der Waals surface area contributed by atoms with E-state index < -0.39 is 21.6 Å². The lowest BCUT2D eigenvalue weighted by molar-refractivity contribution is -0.137. The van der Waals surface area contributed by atoms with Gasteiger partial charge in [0.25, 0.3) is 0 Å². The number of thiazole rings is 1. The standard InChI is InChI=1S/C24H19F3N4O2S2/c1-30-13-20(17-5-3-15(24(25,26)27)11-19(17)21-7-8-29-31(21)2)18-6-4-16(12-22(18)30)35(32,33)14-23-28-9-10-34-23/h3-13H,14H2,1-2H3. The Morgan fingerprint density at radius 1 is 0.971 bits per heavy atom. The van der Waals surface area contributed by atoms with Crippen molar-refractivity contribution in [1.29, 1.82) is 0 Å². The Morgan fingerprint density at radius 3 is 2.43 bits per heavy atom. The zero-order valence-electron chi connectivity index (χ0n) is 18.6. The normalized spacial score (nSPS) is 12.5. The van der Waals surface area contributed by atoms with Crippen molar-refractivity contribution in [1.82, 2.24) is 19.3 Å². The summed E-state index contributed by atoms with van der Waals surface area (Å²) in [4.78, 5) is 4.22. The second kappa shape index (κ2) is 8.35. The lowest BCUT2D eigenvalue weighted by Gasteiger charge is -2.14. The first-order chi connectivity index (χ1) is 16.5. The van der Waals surface area contributed by atoms with Crippen LogP contribution in [0.5, 0.6) is 0 Å². The van der Waals surface area contributed by atoms with Gasteiger partial charge in [-0.05, 0) is 35.9 Å². The highest BCUT2D eigenvalue weighted by atomic mass is 32.2. The number of hydrogen-bond donors (Lipinski definition) is 0. The zero-order chi connectivity index (χ0) is 25.0. The molecule has 3 aromatic heterocycles. The molecule has 0 saturated heterocycles. The third-order valence-corrected chi connectivity index (χ3v) is 8.44. The number of fused-ring (bicyclic) bond motifs is 1. The summed E-state index contributed by atoms with van der Waals surface area (Å²) in [6, 6.07) is 10.1. The molecule has 0 radical (unpaired) electrons. The molecular formula is C24H19F3N4O2S2. The summed E-state index contributed by atoms with van der Waals surface area (Å²) in [7, 11) is -0.177. The van der Waals surface area contributed by atoms with Crippen LogP contribution in [-0.2, 0) is 35.9 Å². The maximum atomic E-state index is 13.5. The molecule has 6 nitrogen and oxygen atoms in total. The third kappa shape index (κ3) is 4.25. The fourth-order valence-electron chi connectivity index (χ4n) is 4.15. The Balaban J connectivity index is 1.66. The van der Waals surface area contributed by atoms with E-state index in [-0.39, 0.29) is 10.6 Å². The Hall–Kier alpha value is -3.44. The van der Waals surface area contributed by atoms with Crippen LogP contribution in [0.15, 0.2) is 71.3 Å². The molecule has 0 aliphatic rings. The number of benzene rings is 2. The predicted octanol–water partition coefficient (Wildman–Crippen LogP) is 5.70. The van der Waals surface area contributed by atoms with Gasteiger partial charge in [-0.25, -0.2) is 13.4 Å². The van der Waals surface area contributed by atoms with E-state index in [1.54, 1.807) is 54.6 Å². The summed E-state index contributed by atoms with van der Waals surface area (Å²) in [6.45, 7) is 0. The SMILES string of the molecule is Cn1nccc1-c1cc(C(F)(F)F)ccc1-c1cn(C)c2cc(S(=O)(=O)Cc3nccs3)ccc12. The molecular weight excluding hydrogens is 497 g/mol. The minimum absolute atomic E-state index is 0.159. The Labute approximate surface area is 203 Å². The topological polar surface area (TPSA) is 69.8 Å². The highest BCUT2D eigenvalue weighted by Crippen LogP contribution is 2.41. The maximum absolute atomic E-state index is 13.5. The fraction of sp³-hybridized carbons (Fsp3) is 0.167. The molecule has 0 fully saturated rings. The van der Waals surface area contributed by atoms with E-state index in [4.69, 9.17) is 0 Å². The number of alkyl halides is 3. The quantitative estimate of drug-likeness (QED) is 0.301. The van der Waals surface area contributed by atoms with E-state index in [2.05, 4.69) is 10.1 Å². The number of aryl methyl sites for hydroxylation is 2. The molecule has 2 aromatic carbocycles. The van der Waals surface area contributed by atoms with Crippen LogP contribution in [0.4, 0.5) is 13.2 Å². The van der Waals surface area contributed by atoms with Gasteiger partial charge in [-0.15, -0.1) is 11.3 Å². The molecule has 0 aliphatic carbocycles. The molecule has 3 heterocycles. The highest BCUT2D eigenvalue weighted by Gasteiger charge is 2.32. The van der Waals surface area contributed by atoms with Crippen LogP contribution in [0, 0.1) is 0 Å². The number of sulfone groups is 1. The summed E-state index contributed by atoms with van der Waals surface area (Å²) in [5, 5.41) is 7.07. The average Bonchev–Trinajstić information content (AvgIpc) is 3.53. The molecule has 0 spiro atoms. The molecule has 0 N–H and O–H groups in total. The van der Waals surface area contributed by atoms with Crippen LogP contribution in [0.2, 0.25) is 0 Å². The molecule has 0 atom stereocenters. The van der Waals surface area contributed by atoms with Crippen LogP contribution in [0.1, 0.15) is 10.6 Å². The van der Waals surface area contributed by atoms with Crippen molar-refractivity contribution < 1.29 is 21.6 Å². The smallest absolute Gasteiger partial charge is 0.350 e. The molecule has 0 unspecified atom stereocenters. The second-order valence-electron chi connectivity index (χ2n) is 8.12. The van der Waals surface area contributed by atoms with Crippen molar-refractivity contribution in [2.75, 3.05) is 0 Å². The largest absolute Gasteiger partial charge is 0.416 e. The van der Waals surface area contributed by atoms with Crippen molar-refractivity contribution in [2.24, 2.45) is 14.1 Å². The molecule has 0 amide bonds. The van der Waals surface area contributed by atoms with Crippen molar-refractivity contribution >= 4 is 32.1 Å². The fourth-order valence-corrected chi connectivity index (χ4v) is 6.42. The molecule has 0 bridgehead atoms. The Kier molecular flexibility index (Phi) is 5.56. The van der Waals surface area contributed by atoms with E-state index in [9.17, 15) is 21.6 Å². The van der Waals surface area contributed by atoms with Gasteiger partial charge in [0.05, 0.1) is 16.2 Å². The Morgan fingerprint density at radius 2 is 1.77 bits per heavy atom. The highest BCUT2D eigenvalue weighted by molar-refractivity contribution is 7.90. The number of rotatable bonds is 5. The summed E-state index contributed by atoms with van der Waals surface area (Å²) in [5.74, 6) is -0.197. The first-order valence-corrected chi connectivity index (χ1v) is 13.0. The third-order valence-electron chi connectivity index (χ3n) is 5.85. The Bertz CT molecular complexity index is 1650. The van der Waals surface area contributed by atoms with Gasteiger partial charge < -0.3 is 4.57 Å². The summed E-state index contributed by atoms with van der Waals surface area (Å²) in [5.41, 5.74) is 2.09. The summed E-state index contributed by atoms with van der Waals surface area (Å²) >= 11 is 1.27. The number of aromatic nitrogens is 4. The molecule has 11 heteroatoms. The van der Waals surface area contributed by atoms with E-state index in [1.165, 1.54) is 34.3 Å². The number of halogens is 3. The number of nitrogens with zero attached hydrogens (tertiary/aromatic N) is 4. The van der Waals surface area contributed by atoms with Gasteiger partial charge in [0.1, 0.15) is 10.8 Å². The van der Waals surface area contributed by atoms with Crippen molar-refractivity contribution in [2.45, 2.75) is 16.8 Å². The van der Waals surface area contributed by atoms with Gasteiger partial charge in [-0.1, -0.05) is 12.1 Å². The first-order valence-electron chi connectivity index (χ1n) is 10.4. The minimum Gasteiger partial charge on any atom is -0.350 e. The van der Waals surface area contributed by atoms with Crippen molar-refractivity contribution in [3.63, 3.8) is 0 Å². The van der Waals surface area contributed by atoms with Gasteiger partial charge in [0.2, 0.25) is 0 Å². The van der Waals surface area contributed by atoms with Gasteiger partial charge in [-0.3, -0.25) is 4.68 Å². The minimum atomic E-state index is -4.49. The van der Waals surface area contributed by atoms with Gasteiger partial charge in [0, 0.05) is 60.1 Å². The molecule has 0 saturated carbocycles. The second-order valence-corrected chi connectivity index (χ2v) is 11.1. The first kappa shape index (κ1) is 23.3. The maximum Gasteiger partial charge on any atom is 0.416 e. The average molecular weight is 517 g/mol. The van der Waals surface area contributed by atoms with Crippen molar-refractivity contribution in [3.05, 3.63) is 77.0 Å². The van der Waals surface area contributed by atoms with Gasteiger partial charge >= 0.3 is 6.18 Å². The monoisotopic (exact) mass is 516 g/mol.